The maximum atomic E-state index is 5.57. The second-order valence-electron chi connectivity index (χ2n) is 5.89. The van der Waals surface area contributed by atoms with Gasteiger partial charge >= 0.3 is 0 Å². The maximum Gasteiger partial charge on any atom is 0.0236 e. The highest BCUT2D eigenvalue weighted by molar-refractivity contribution is 5.25. The van der Waals surface area contributed by atoms with Crippen LogP contribution in [0.1, 0.15) is 30.4 Å². The molecule has 0 unspecified atom stereocenters. The van der Waals surface area contributed by atoms with E-state index in [1.165, 1.54) is 56.7 Å². The van der Waals surface area contributed by atoms with E-state index in [2.05, 4.69) is 41.0 Å². The first kappa shape index (κ1) is 15.5. The molecule has 0 saturated carbocycles. The van der Waals surface area contributed by atoms with Gasteiger partial charge < -0.3 is 10.6 Å². The smallest absolute Gasteiger partial charge is 0.0236 e. The van der Waals surface area contributed by atoms with Crippen LogP contribution in [0, 0.1) is 6.92 Å². The van der Waals surface area contributed by atoms with Crippen LogP contribution in [0.25, 0.3) is 0 Å². The van der Waals surface area contributed by atoms with Crippen molar-refractivity contribution in [2.24, 2.45) is 5.73 Å². The van der Waals surface area contributed by atoms with Crippen LogP contribution in [0.5, 0.6) is 0 Å². The predicted molar refractivity (Wildman–Crippen MR) is 85.8 cm³/mol. The fourth-order valence-electron chi connectivity index (χ4n) is 2.91. The van der Waals surface area contributed by atoms with Gasteiger partial charge in [-0.05, 0) is 63.5 Å². The molecule has 3 heteroatoms. The lowest BCUT2D eigenvalue weighted by Crippen LogP contribution is -2.31. The average Bonchev–Trinajstić information content (AvgIpc) is 2.67. The monoisotopic (exact) mass is 275 g/mol. The van der Waals surface area contributed by atoms with Gasteiger partial charge in [-0.1, -0.05) is 24.3 Å². The van der Waals surface area contributed by atoms with Crippen LogP contribution in [-0.4, -0.2) is 49.1 Å². The largest absolute Gasteiger partial charge is 0.330 e. The summed E-state index contributed by atoms with van der Waals surface area (Å²) in [6.45, 7) is 10.2. The Labute approximate surface area is 123 Å². The number of rotatable bonds is 6. The molecule has 1 fully saturated rings. The minimum absolute atomic E-state index is 0.827. The summed E-state index contributed by atoms with van der Waals surface area (Å²) < 4.78 is 0. The lowest BCUT2D eigenvalue weighted by atomic mass is 10.1. The number of nitrogens with two attached hydrogens (primary N) is 1. The first-order chi connectivity index (χ1) is 9.79. The number of benzene rings is 1. The van der Waals surface area contributed by atoms with Crippen LogP contribution in [0.15, 0.2) is 24.3 Å². The number of hydrogen-bond donors (Lipinski definition) is 1. The third-order valence-corrected chi connectivity index (χ3v) is 4.26. The molecule has 0 aromatic heterocycles. The van der Waals surface area contributed by atoms with Gasteiger partial charge in [0.05, 0.1) is 0 Å². The van der Waals surface area contributed by atoms with Crippen molar-refractivity contribution < 1.29 is 0 Å². The molecule has 0 spiro atoms. The molecule has 0 atom stereocenters. The van der Waals surface area contributed by atoms with Gasteiger partial charge in [0.25, 0.3) is 0 Å². The molecule has 3 nitrogen and oxygen atoms in total. The molecule has 1 aromatic carbocycles. The Bertz CT molecular complexity index is 392. The molecule has 0 radical (unpaired) electrons. The van der Waals surface area contributed by atoms with Crippen LogP contribution in [0.3, 0.4) is 0 Å². The van der Waals surface area contributed by atoms with E-state index in [1.807, 2.05) is 0 Å². The lowest BCUT2D eigenvalue weighted by molar-refractivity contribution is 0.249. The van der Waals surface area contributed by atoms with Crippen molar-refractivity contribution >= 4 is 0 Å². The van der Waals surface area contributed by atoms with Gasteiger partial charge in [0.1, 0.15) is 0 Å². The Morgan fingerprint density at radius 2 is 1.75 bits per heavy atom. The summed E-state index contributed by atoms with van der Waals surface area (Å²) in [7, 11) is 0. The van der Waals surface area contributed by atoms with E-state index in [0.29, 0.717) is 0 Å². The van der Waals surface area contributed by atoms with Crippen LogP contribution < -0.4 is 5.73 Å². The molecule has 2 N–H and O–H groups in total. The standard InChI is InChI=1S/C17H29N3/c1-16-7-2-3-8-17(16)15-20-12-6-11-19(13-14-20)10-5-4-9-18/h2-3,7-8H,4-6,9-15,18H2,1H3. The van der Waals surface area contributed by atoms with Crippen molar-refractivity contribution in [2.45, 2.75) is 32.7 Å². The highest BCUT2D eigenvalue weighted by Crippen LogP contribution is 2.13. The lowest BCUT2D eigenvalue weighted by Gasteiger charge is -2.22. The van der Waals surface area contributed by atoms with Crippen LogP contribution in [-0.2, 0) is 6.54 Å². The Morgan fingerprint density at radius 1 is 1.00 bits per heavy atom. The molecule has 0 amide bonds. The van der Waals surface area contributed by atoms with Gasteiger partial charge in [0, 0.05) is 19.6 Å². The first-order valence-corrected chi connectivity index (χ1v) is 7.99. The second kappa shape index (κ2) is 8.40. The molecule has 0 bridgehead atoms. The third kappa shape index (κ3) is 4.89. The fourth-order valence-corrected chi connectivity index (χ4v) is 2.91. The van der Waals surface area contributed by atoms with Gasteiger partial charge in [-0.15, -0.1) is 0 Å². The van der Waals surface area contributed by atoms with Gasteiger partial charge in [0.2, 0.25) is 0 Å². The first-order valence-electron chi connectivity index (χ1n) is 7.99. The average molecular weight is 275 g/mol. The van der Waals surface area contributed by atoms with Gasteiger partial charge in [0.15, 0.2) is 0 Å². The number of nitrogens with zero attached hydrogens (tertiary/aromatic N) is 2. The van der Waals surface area contributed by atoms with E-state index in [0.717, 1.165) is 19.5 Å². The molecule has 1 aliphatic heterocycles. The summed E-state index contributed by atoms with van der Waals surface area (Å²) in [6.07, 6.45) is 3.69. The fraction of sp³-hybridized carbons (Fsp3) is 0.647. The molecule has 1 aliphatic rings. The number of hydrogen-bond acceptors (Lipinski definition) is 3. The van der Waals surface area contributed by atoms with Crippen molar-refractivity contribution in [3.8, 4) is 0 Å². The van der Waals surface area contributed by atoms with Gasteiger partial charge in [-0.3, -0.25) is 4.90 Å². The zero-order valence-electron chi connectivity index (χ0n) is 12.9. The number of unbranched alkanes of at least 4 members (excludes halogenated alkanes) is 1. The molecular weight excluding hydrogens is 246 g/mol. The SMILES string of the molecule is Cc1ccccc1CN1CCCN(CCCCN)CC1. The van der Waals surface area contributed by atoms with E-state index < -0.39 is 0 Å². The molecule has 0 aliphatic carbocycles. The minimum Gasteiger partial charge on any atom is -0.330 e. The van der Waals surface area contributed by atoms with Crippen molar-refractivity contribution in [1.82, 2.24) is 9.80 Å². The minimum atomic E-state index is 0.827. The van der Waals surface area contributed by atoms with Crippen LogP contribution in [0.4, 0.5) is 0 Å². The van der Waals surface area contributed by atoms with Gasteiger partial charge in [-0.25, -0.2) is 0 Å². The quantitative estimate of drug-likeness (QED) is 0.808. The highest BCUT2D eigenvalue weighted by atomic mass is 15.2. The van der Waals surface area contributed by atoms with Crippen LogP contribution >= 0.6 is 0 Å². The molecule has 1 aromatic rings. The molecule has 112 valence electrons. The van der Waals surface area contributed by atoms with E-state index in [1.54, 1.807) is 0 Å². The Morgan fingerprint density at radius 3 is 2.55 bits per heavy atom. The topological polar surface area (TPSA) is 32.5 Å². The van der Waals surface area contributed by atoms with Crippen molar-refractivity contribution in [1.29, 1.82) is 0 Å². The normalized spacial score (nSPS) is 18.1. The summed E-state index contributed by atoms with van der Waals surface area (Å²) in [5.74, 6) is 0. The van der Waals surface area contributed by atoms with E-state index >= 15 is 0 Å². The zero-order valence-corrected chi connectivity index (χ0v) is 12.9. The maximum absolute atomic E-state index is 5.57. The summed E-state index contributed by atoms with van der Waals surface area (Å²) in [5.41, 5.74) is 8.46. The van der Waals surface area contributed by atoms with Crippen molar-refractivity contribution in [3.05, 3.63) is 35.4 Å². The summed E-state index contributed by atoms with van der Waals surface area (Å²) in [4.78, 5) is 5.21. The molecular formula is C17H29N3. The van der Waals surface area contributed by atoms with E-state index in [-0.39, 0.29) is 0 Å². The van der Waals surface area contributed by atoms with Crippen LogP contribution in [0.2, 0.25) is 0 Å². The Hall–Kier alpha value is -0.900. The second-order valence-corrected chi connectivity index (χ2v) is 5.89. The molecule has 2 rings (SSSR count). The predicted octanol–water partition coefficient (Wildman–Crippen LogP) is 2.24. The molecule has 1 heterocycles. The van der Waals surface area contributed by atoms with E-state index in [4.69, 9.17) is 5.73 Å². The van der Waals surface area contributed by atoms with Crippen molar-refractivity contribution in [2.75, 3.05) is 39.3 Å². The van der Waals surface area contributed by atoms with Gasteiger partial charge in [-0.2, -0.15) is 0 Å². The summed E-state index contributed by atoms with van der Waals surface area (Å²) >= 11 is 0. The summed E-state index contributed by atoms with van der Waals surface area (Å²) in [6, 6.07) is 8.76. The van der Waals surface area contributed by atoms with E-state index in [9.17, 15) is 0 Å². The molecule has 20 heavy (non-hydrogen) atoms. The Balaban J connectivity index is 1.79. The Kier molecular flexibility index (Phi) is 6.51. The number of aryl methyl sites for hydroxylation is 1. The van der Waals surface area contributed by atoms with Crippen molar-refractivity contribution in [3.63, 3.8) is 0 Å². The summed E-state index contributed by atoms with van der Waals surface area (Å²) in [5, 5.41) is 0. The highest BCUT2D eigenvalue weighted by Gasteiger charge is 2.14. The third-order valence-electron chi connectivity index (χ3n) is 4.26. The molecule has 1 saturated heterocycles. The zero-order chi connectivity index (χ0) is 14.2.